The van der Waals surface area contributed by atoms with Gasteiger partial charge in [0, 0.05) is 13.1 Å². The zero-order valence-electron chi connectivity index (χ0n) is 10.4. The summed E-state index contributed by atoms with van der Waals surface area (Å²) in [6.45, 7) is 0.476. The molecule has 1 unspecified atom stereocenters. The second kappa shape index (κ2) is 6.36. The smallest absolute Gasteiger partial charge is 0.244 e. The van der Waals surface area contributed by atoms with E-state index in [1.165, 1.54) is 4.90 Å². The Labute approximate surface area is 119 Å². The summed E-state index contributed by atoms with van der Waals surface area (Å²) in [4.78, 5) is 13.6. The van der Waals surface area contributed by atoms with Crippen molar-refractivity contribution in [2.75, 3.05) is 24.6 Å². The van der Waals surface area contributed by atoms with Crippen molar-refractivity contribution in [3.05, 3.63) is 35.9 Å². The third kappa shape index (κ3) is 3.92. The van der Waals surface area contributed by atoms with Gasteiger partial charge in [-0.05, 0) is 5.56 Å². The van der Waals surface area contributed by atoms with Crippen LogP contribution >= 0.6 is 12.4 Å². The zero-order chi connectivity index (χ0) is 13.2. The number of amides is 1. The van der Waals surface area contributed by atoms with Crippen molar-refractivity contribution in [1.29, 1.82) is 0 Å². The molecule has 1 fully saturated rings. The van der Waals surface area contributed by atoms with Gasteiger partial charge in [0.15, 0.2) is 9.84 Å². The molecule has 0 aromatic heterocycles. The fourth-order valence-corrected chi connectivity index (χ4v) is 3.13. The number of sulfone groups is 1. The van der Waals surface area contributed by atoms with Gasteiger partial charge in [0.05, 0.1) is 11.5 Å². The highest BCUT2D eigenvalue weighted by Crippen LogP contribution is 2.14. The molecule has 1 aliphatic heterocycles. The van der Waals surface area contributed by atoms with E-state index in [4.69, 9.17) is 5.73 Å². The minimum Gasteiger partial charge on any atom is -0.339 e. The molecule has 1 amide bonds. The minimum absolute atomic E-state index is 0. The van der Waals surface area contributed by atoms with Crippen LogP contribution < -0.4 is 5.73 Å². The van der Waals surface area contributed by atoms with Crippen molar-refractivity contribution in [3.63, 3.8) is 0 Å². The number of halogens is 1. The van der Waals surface area contributed by atoms with Gasteiger partial charge < -0.3 is 10.6 Å². The maximum atomic E-state index is 12.1. The highest BCUT2D eigenvalue weighted by atomic mass is 35.5. The van der Waals surface area contributed by atoms with E-state index < -0.39 is 15.9 Å². The van der Waals surface area contributed by atoms with Crippen molar-refractivity contribution in [3.8, 4) is 0 Å². The van der Waals surface area contributed by atoms with E-state index in [1.807, 2.05) is 18.2 Å². The molecule has 0 radical (unpaired) electrons. The van der Waals surface area contributed by atoms with Crippen LogP contribution in [0.4, 0.5) is 0 Å². The number of benzene rings is 1. The molecule has 0 bridgehead atoms. The Balaban J connectivity index is 0.00000180. The minimum atomic E-state index is -2.97. The van der Waals surface area contributed by atoms with E-state index in [-0.39, 0.29) is 42.9 Å². The van der Waals surface area contributed by atoms with E-state index in [0.29, 0.717) is 0 Å². The number of hydrogen-bond donors (Lipinski definition) is 1. The second-order valence-electron chi connectivity index (χ2n) is 4.37. The predicted octanol–water partition coefficient (Wildman–Crippen LogP) is 0.365. The largest absolute Gasteiger partial charge is 0.339 e. The van der Waals surface area contributed by atoms with Gasteiger partial charge in [0.1, 0.15) is 6.04 Å². The molecule has 19 heavy (non-hydrogen) atoms. The topological polar surface area (TPSA) is 80.5 Å². The second-order valence-corrected chi connectivity index (χ2v) is 6.67. The quantitative estimate of drug-likeness (QED) is 0.856. The van der Waals surface area contributed by atoms with Crippen LogP contribution in [0, 0.1) is 0 Å². The first-order valence-electron chi connectivity index (χ1n) is 5.79. The first-order chi connectivity index (χ1) is 8.49. The van der Waals surface area contributed by atoms with Gasteiger partial charge in [-0.1, -0.05) is 30.3 Å². The molecule has 106 valence electrons. The summed E-state index contributed by atoms with van der Waals surface area (Å²) in [6, 6.07) is 8.37. The van der Waals surface area contributed by atoms with Gasteiger partial charge >= 0.3 is 0 Å². The van der Waals surface area contributed by atoms with Crippen LogP contribution in [0.2, 0.25) is 0 Å². The lowest BCUT2D eigenvalue weighted by Crippen LogP contribution is -2.47. The maximum Gasteiger partial charge on any atom is 0.244 e. The van der Waals surface area contributed by atoms with Crippen molar-refractivity contribution in [2.24, 2.45) is 5.73 Å². The van der Waals surface area contributed by atoms with E-state index >= 15 is 0 Å². The monoisotopic (exact) mass is 304 g/mol. The molecule has 1 aliphatic rings. The van der Waals surface area contributed by atoms with Crippen LogP contribution in [-0.4, -0.2) is 43.8 Å². The first-order valence-corrected chi connectivity index (χ1v) is 7.61. The van der Waals surface area contributed by atoms with Crippen LogP contribution in [0.25, 0.3) is 0 Å². The summed E-state index contributed by atoms with van der Waals surface area (Å²) in [7, 11) is -2.97. The average molecular weight is 305 g/mol. The number of carbonyl (C=O) groups is 1. The Bertz CT molecular complexity index is 519. The van der Waals surface area contributed by atoms with Crippen LogP contribution in [0.1, 0.15) is 11.6 Å². The molecule has 7 heteroatoms. The van der Waals surface area contributed by atoms with Crippen molar-refractivity contribution in [1.82, 2.24) is 4.90 Å². The molecule has 2 N–H and O–H groups in total. The van der Waals surface area contributed by atoms with Gasteiger partial charge in [-0.15, -0.1) is 12.4 Å². The molecule has 1 aromatic rings. The number of rotatable bonds is 2. The maximum absolute atomic E-state index is 12.1. The third-order valence-corrected chi connectivity index (χ3v) is 4.69. The summed E-state index contributed by atoms with van der Waals surface area (Å²) in [5.74, 6) is -0.156. The lowest BCUT2D eigenvalue weighted by atomic mass is 10.1. The third-order valence-electron chi connectivity index (χ3n) is 3.08. The average Bonchev–Trinajstić information content (AvgIpc) is 2.38. The molecule has 1 saturated heterocycles. The summed E-state index contributed by atoms with van der Waals surface area (Å²) in [5.41, 5.74) is 6.64. The Morgan fingerprint density at radius 1 is 1.16 bits per heavy atom. The van der Waals surface area contributed by atoms with Crippen LogP contribution in [0.3, 0.4) is 0 Å². The van der Waals surface area contributed by atoms with Gasteiger partial charge in [-0.25, -0.2) is 8.42 Å². The predicted molar refractivity (Wildman–Crippen MR) is 75.9 cm³/mol. The van der Waals surface area contributed by atoms with Crippen molar-refractivity contribution in [2.45, 2.75) is 6.04 Å². The number of hydrogen-bond acceptors (Lipinski definition) is 4. The SMILES string of the molecule is Cl.NC(C(=O)N1CCS(=O)(=O)CC1)c1ccccc1. The first kappa shape index (κ1) is 15.9. The molecule has 0 spiro atoms. The number of carbonyl (C=O) groups excluding carboxylic acids is 1. The normalized spacial score (nSPS) is 19.3. The van der Waals surface area contributed by atoms with Gasteiger partial charge in [0.2, 0.25) is 5.91 Å². The van der Waals surface area contributed by atoms with Gasteiger partial charge in [0.25, 0.3) is 0 Å². The number of nitrogens with two attached hydrogens (primary N) is 1. The lowest BCUT2D eigenvalue weighted by Gasteiger charge is -2.29. The van der Waals surface area contributed by atoms with Crippen molar-refractivity contribution < 1.29 is 13.2 Å². The summed E-state index contributed by atoms with van der Waals surface area (Å²) in [5, 5.41) is 0. The highest BCUT2D eigenvalue weighted by molar-refractivity contribution is 7.91. The molecule has 1 heterocycles. The Kier molecular flexibility index (Phi) is 5.34. The molecule has 2 rings (SSSR count). The molecule has 1 atom stereocenters. The fourth-order valence-electron chi connectivity index (χ4n) is 1.93. The molecule has 0 aliphatic carbocycles. The summed E-state index contributed by atoms with van der Waals surface area (Å²) >= 11 is 0. The van der Waals surface area contributed by atoms with Crippen LogP contribution in [-0.2, 0) is 14.6 Å². The Morgan fingerprint density at radius 3 is 2.21 bits per heavy atom. The zero-order valence-corrected chi connectivity index (χ0v) is 12.0. The standard InChI is InChI=1S/C12H16N2O3S.ClH/c13-11(10-4-2-1-3-5-10)12(15)14-6-8-18(16,17)9-7-14;/h1-5,11H,6-9,13H2;1H. The van der Waals surface area contributed by atoms with E-state index in [2.05, 4.69) is 0 Å². The molecule has 1 aromatic carbocycles. The lowest BCUT2D eigenvalue weighted by molar-refractivity contribution is -0.132. The van der Waals surface area contributed by atoms with E-state index in [1.54, 1.807) is 12.1 Å². The van der Waals surface area contributed by atoms with E-state index in [9.17, 15) is 13.2 Å². The number of nitrogens with zero attached hydrogens (tertiary/aromatic N) is 1. The Morgan fingerprint density at radius 2 is 1.68 bits per heavy atom. The van der Waals surface area contributed by atoms with E-state index in [0.717, 1.165) is 5.56 Å². The molecule has 0 saturated carbocycles. The van der Waals surface area contributed by atoms with Crippen LogP contribution in [0.15, 0.2) is 30.3 Å². The van der Waals surface area contributed by atoms with Gasteiger partial charge in [-0.2, -0.15) is 0 Å². The summed E-state index contributed by atoms with van der Waals surface area (Å²) in [6.07, 6.45) is 0. The molecular formula is C12H17ClN2O3S. The molecule has 5 nitrogen and oxygen atoms in total. The summed E-state index contributed by atoms with van der Waals surface area (Å²) < 4.78 is 22.6. The van der Waals surface area contributed by atoms with Crippen molar-refractivity contribution >= 4 is 28.2 Å². The van der Waals surface area contributed by atoms with Gasteiger partial charge in [-0.3, -0.25) is 4.79 Å². The van der Waals surface area contributed by atoms with Crippen LogP contribution in [0.5, 0.6) is 0 Å². The Hall–Kier alpha value is -1.11. The fraction of sp³-hybridized carbons (Fsp3) is 0.417. The highest BCUT2D eigenvalue weighted by Gasteiger charge is 2.28. The molecular weight excluding hydrogens is 288 g/mol.